The van der Waals surface area contributed by atoms with Gasteiger partial charge in [0.15, 0.2) is 0 Å². The van der Waals surface area contributed by atoms with Crippen LogP contribution in [0.5, 0.6) is 11.5 Å². The summed E-state index contributed by atoms with van der Waals surface area (Å²) in [5, 5.41) is 0. The van der Waals surface area contributed by atoms with Gasteiger partial charge in [0.25, 0.3) is 0 Å². The first-order valence-corrected chi connectivity index (χ1v) is 12.3. The highest BCUT2D eigenvalue weighted by atomic mass is 16.5. The van der Waals surface area contributed by atoms with E-state index in [4.69, 9.17) is 14.5 Å². The number of imidazole rings is 1. The summed E-state index contributed by atoms with van der Waals surface area (Å²) < 4.78 is 14.3. The molecule has 1 heterocycles. The van der Waals surface area contributed by atoms with E-state index in [0.717, 1.165) is 54.2 Å². The van der Waals surface area contributed by atoms with Crippen LogP contribution in [0.25, 0.3) is 11.0 Å². The number of hydrogen-bond donors (Lipinski definition) is 0. The topological polar surface area (TPSA) is 36.3 Å². The Kier molecular flexibility index (Phi) is 7.56. The van der Waals surface area contributed by atoms with Crippen LogP contribution in [0.1, 0.15) is 57.5 Å². The number of nitrogens with zero attached hydrogens (tertiary/aromatic N) is 2. The molecule has 4 aromatic rings. The van der Waals surface area contributed by atoms with Crippen molar-refractivity contribution >= 4 is 11.0 Å². The number of hydrogen-bond acceptors (Lipinski definition) is 3. The second-order valence-electron chi connectivity index (χ2n) is 9.78. The molecule has 0 saturated carbocycles. The highest BCUT2D eigenvalue weighted by Crippen LogP contribution is 2.25. The van der Waals surface area contributed by atoms with Crippen LogP contribution in [-0.4, -0.2) is 16.2 Å². The average molecular weight is 457 g/mol. The maximum atomic E-state index is 6.13. The van der Waals surface area contributed by atoms with Gasteiger partial charge in [0, 0.05) is 6.54 Å². The van der Waals surface area contributed by atoms with Gasteiger partial charge in [-0.3, -0.25) is 0 Å². The Hall–Kier alpha value is -3.27. The minimum atomic E-state index is 0.134. The summed E-state index contributed by atoms with van der Waals surface area (Å²) in [6.45, 7) is 10.9. The van der Waals surface area contributed by atoms with Crippen LogP contribution in [0, 0.1) is 0 Å². The molecular formula is C30H36N2O2. The summed E-state index contributed by atoms with van der Waals surface area (Å²) in [6, 6.07) is 25.1. The summed E-state index contributed by atoms with van der Waals surface area (Å²) in [5.41, 5.74) is 4.93. The van der Waals surface area contributed by atoms with Crippen molar-refractivity contribution in [1.29, 1.82) is 0 Å². The number of aromatic nitrogens is 2. The van der Waals surface area contributed by atoms with Gasteiger partial charge in [0.05, 0.1) is 17.6 Å². The number of benzene rings is 3. The van der Waals surface area contributed by atoms with Gasteiger partial charge in [0.2, 0.25) is 0 Å². The van der Waals surface area contributed by atoms with Crippen molar-refractivity contribution < 1.29 is 9.47 Å². The van der Waals surface area contributed by atoms with E-state index in [2.05, 4.69) is 99.0 Å². The van der Waals surface area contributed by atoms with Crippen LogP contribution in [0.4, 0.5) is 0 Å². The van der Waals surface area contributed by atoms with Crippen LogP contribution >= 0.6 is 0 Å². The Labute approximate surface area is 203 Å². The van der Waals surface area contributed by atoms with Crippen LogP contribution in [0.2, 0.25) is 0 Å². The molecule has 0 N–H and O–H groups in total. The third kappa shape index (κ3) is 5.99. The molecule has 0 atom stereocenters. The minimum Gasteiger partial charge on any atom is -0.494 e. The molecule has 0 amide bonds. The van der Waals surface area contributed by atoms with Crippen molar-refractivity contribution in [2.75, 3.05) is 6.61 Å². The van der Waals surface area contributed by atoms with E-state index >= 15 is 0 Å². The maximum absolute atomic E-state index is 6.13. The molecule has 4 heteroatoms. The molecular weight excluding hydrogens is 420 g/mol. The van der Waals surface area contributed by atoms with E-state index in [1.807, 2.05) is 6.07 Å². The molecule has 4 rings (SSSR count). The van der Waals surface area contributed by atoms with Crippen molar-refractivity contribution in [2.24, 2.45) is 0 Å². The van der Waals surface area contributed by atoms with E-state index in [-0.39, 0.29) is 5.41 Å². The van der Waals surface area contributed by atoms with E-state index in [1.54, 1.807) is 0 Å². The molecule has 0 aliphatic heterocycles. The van der Waals surface area contributed by atoms with E-state index in [0.29, 0.717) is 13.2 Å². The lowest BCUT2D eigenvalue weighted by Crippen LogP contribution is -2.11. The Bertz CT molecular complexity index is 1190. The predicted octanol–water partition coefficient (Wildman–Crippen LogP) is 7.33. The Morgan fingerprint density at radius 3 is 2.18 bits per heavy atom. The molecule has 0 bridgehead atoms. The first kappa shape index (κ1) is 23.9. The first-order chi connectivity index (χ1) is 16.4. The van der Waals surface area contributed by atoms with Gasteiger partial charge in [-0.1, -0.05) is 64.1 Å². The molecule has 0 saturated heterocycles. The highest BCUT2D eigenvalue weighted by Gasteiger charge is 2.14. The summed E-state index contributed by atoms with van der Waals surface area (Å²) >= 11 is 0. The van der Waals surface area contributed by atoms with Crippen molar-refractivity contribution in [3.63, 3.8) is 0 Å². The second-order valence-corrected chi connectivity index (χ2v) is 9.78. The fraction of sp³-hybridized carbons (Fsp3) is 0.367. The third-order valence-corrected chi connectivity index (χ3v) is 6.20. The normalized spacial score (nSPS) is 11.6. The Morgan fingerprint density at radius 1 is 0.794 bits per heavy atom. The number of unbranched alkanes of at least 4 members (excludes halogenated alkanes) is 1. The number of ether oxygens (including phenoxy) is 2. The lowest BCUT2D eigenvalue weighted by atomic mass is 9.87. The molecule has 0 fully saturated rings. The zero-order valence-electron chi connectivity index (χ0n) is 20.9. The molecule has 34 heavy (non-hydrogen) atoms. The second kappa shape index (κ2) is 10.8. The van der Waals surface area contributed by atoms with Gasteiger partial charge in [0.1, 0.15) is 23.9 Å². The monoisotopic (exact) mass is 456 g/mol. The zero-order chi connectivity index (χ0) is 24.0. The van der Waals surface area contributed by atoms with Gasteiger partial charge in [-0.15, -0.1) is 0 Å². The van der Waals surface area contributed by atoms with Gasteiger partial charge in [-0.05, 0) is 72.2 Å². The fourth-order valence-electron chi connectivity index (χ4n) is 4.07. The molecule has 0 spiro atoms. The molecule has 0 aliphatic rings. The average Bonchev–Trinajstić information content (AvgIpc) is 3.20. The fourth-order valence-corrected chi connectivity index (χ4v) is 4.07. The molecule has 1 aromatic heterocycles. The smallest absolute Gasteiger partial charge is 0.147 e. The van der Waals surface area contributed by atoms with Gasteiger partial charge >= 0.3 is 0 Å². The van der Waals surface area contributed by atoms with E-state index in [1.165, 1.54) is 11.1 Å². The van der Waals surface area contributed by atoms with Crippen molar-refractivity contribution in [2.45, 2.75) is 65.5 Å². The third-order valence-electron chi connectivity index (χ3n) is 6.20. The van der Waals surface area contributed by atoms with Gasteiger partial charge < -0.3 is 14.0 Å². The quantitative estimate of drug-likeness (QED) is 0.234. The number of aryl methyl sites for hydroxylation is 2. The van der Waals surface area contributed by atoms with E-state index < -0.39 is 0 Å². The SMILES string of the molecule is CCc1ccc(OCCCCn2c(COc3ccc(C(C)(C)C)cc3)nc3ccccc32)cc1. The summed E-state index contributed by atoms with van der Waals surface area (Å²) in [6.07, 6.45) is 3.05. The summed E-state index contributed by atoms with van der Waals surface area (Å²) in [5.74, 6) is 2.77. The van der Waals surface area contributed by atoms with Crippen LogP contribution in [0.15, 0.2) is 72.8 Å². The standard InChI is InChI=1S/C30H36N2O2/c1-5-23-12-16-25(17-13-23)33-21-9-8-20-32-28-11-7-6-10-27(28)31-29(32)22-34-26-18-14-24(15-19-26)30(2,3)4/h6-7,10-19H,5,8-9,20-22H2,1-4H3. The van der Waals surface area contributed by atoms with Crippen molar-refractivity contribution in [3.8, 4) is 11.5 Å². The number of rotatable bonds is 10. The summed E-state index contributed by atoms with van der Waals surface area (Å²) in [7, 11) is 0. The zero-order valence-corrected chi connectivity index (χ0v) is 20.9. The van der Waals surface area contributed by atoms with Crippen LogP contribution < -0.4 is 9.47 Å². The van der Waals surface area contributed by atoms with Crippen molar-refractivity contribution in [1.82, 2.24) is 9.55 Å². The first-order valence-electron chi connectivity index (χ1n) is 12.3. The van der Waals surface area contributed by atoms with E-state index in [9.17, 15) is 0 Å². The molecule has 178 valence electrons. The predicted molar refractivity (Wildman–Crippen MR) is 140 cm³/mol. The molecule has 0 radical (unpaired) electrons. The maximum Gasteiger partial charge on any atom is 0.147 e. The van der Waals surface area contributed by atoms with Crippen LogP contribution in [-0.2, 0) is 25.0 Å². The number of para-hydroxylation sites is 2. The van der Waals surface area contributed by atoms with Gasteiger partial charge in [-0.2, -0.15) is 0 Å². The lowest BCUT2D eigenvalue weighted by Gasteiger charge is -2.19. The lowest BCUT2D eigenvalue weighted by molar-refractivity contribution is 0.285. The largest absolute Gasteiger partial charge is 0.494 e. The van der Waals surface area contributed by atoms with Crippen LogP contribution in [0.3, 0.4) is 0 Å². The Balaban J connectivity index is 1.36. The summed E-state index contributed by atoms with van der Waals surface area (Å²) in [4.78, 5) is 4.85. The highest BCUT2D eigenvalue weighted by molar-refractivity contribution is 5.75. The minimum absolute atomic E-state index is 0.134. The molecule has 4 nitrogen and oxygen atoms in total. The van der Waals surface area contributed by atoms with Crippen molar-refractivity contribution in [3.05, 3.63) is 89.7 Å². The number of fused-ring (bicyclic) bond motifs is 1. The molecule has 0 unspecified atom stereocenters. The van der Waals surface area contributed by atoms with Gasteiger partial charge in [-0.25, -0.2) is 4.98 Å². The molecule has 3 aromatic carbocycles. The Morgan fingerprint density at radius 2 is 1.47 bits per heavy atom. The molecule has 0 aliphatic carbocycles.